The lowest BCUT2D eigenvalue weighted by molar-refractivity contribution is 0.567. The molecule has 0 fully saturated rings. The van der Waals surface area contributed by atoms with Crippen molar-refractivity contribution in [2.75, 3.05) is 0 Å². The van der Waals surface area contributed by atoms with Crippen LogP contribution in [0.5, 0.6) is 0 Å². The number of rotatable bonds is 4. The van der Waals surface area contributed by atoms with Gasteiger partial charge in [-0.3, -0.25) is 4.98 Å². The molecule has 0 aliphatic carbocycles. The van der Waals surface area contributed by atoms with E-state index in [4.69, 9.17) is 0 Å². The van der Waals surface area contributed by atoms with E-state index < -0.39 is 0 Å². The molecule has 1 aromatic heterocycles. The Bertz CT molecular complexity index is 520. The van der Waals surface area contributed by atoms with Gasteiger partial charge in [-0.25, -0.2) is 0 Å². The van der Waals surface area contributed by atoms with Crippen molar-refractivity contribution in [1.29, 1.82) is 0 Å². The second-order valence-corrected chi connectivity index (χ2v) is 4.79. The highest BCUT2D eigenvalue weighted by molar-refractivity contribution is 5.24. The van der Waals surface area contributed by atoms with E-state index in [9.17, 15) is 0 Å². The molecule has 18 heavy (non-hydrogen) atoms. The maximum atomic E-state index is 4.49. The van der Waals surface area contributed by atoms with E-state index in [1.165, 1.54) is 11.1 Å². The second-order valence-electron chi connectivity index (χ2n) is 4.79. The normalized spacial score (nSPS) is 12.4. The van der Waals surface area contributed by atoms with Crippen molar-refractivity contribution in [2.24, 2.45) is 0 Å². The Morgan fingerprint density at radius 2 is 1.89 bits per heavy atom. The average molecular weight is 240 g/mol. The fraction of sp³-hybridized carbons (Fsp3) is 0.312. The van der Waals surface area contributed by atoms with Gasteiger partial charge >= 0.3 is 0 Å². The lowest BCUT2D eigenvalue weighted by Crippen LogP contribution is -2.18. The minimum atomic E-state index is 0.340. The van der Waals surface area contributed by atoms with Crippen LogP contribution in [-0.2, 0) is 6.54 Å². The molecule has 0 bridgehead atoms. The number of benzene rings is 1. The number of nitrogens with zero attached hydrogens (tertiary/aromatic N) is 1. The maximum Gasteiger partial charge on any atom is 0.0545 e. The lowest BCUT2D eigenvalue weighted by Gasteiger charge is -2.14. The van der Waals surface area contributed by atoms with Crippen molar-refractivity contribution >= 4 is 0 Å². The monoisotopic (exact) mass is 240 g/mol. The number of pyridine rings is 1. The van der Waals surface area contributed by atoms with Crippen LogP contribution in [0.1, 0.15) is 35.5 Å². The number of aryl methyl sites for hydroxylation is 2. The van der Waals surface area contributed by atoms with Gasteiger partial charge in [0.25, 0.3) is 0 Å². The molecule has 1 N–H and O–H groups in total. The number of aromatic nitrogens is 1. The summed E-state index contributed by atoms with van der Waals surface area (Å²) in [5, 5.41) is 3.51. The molecule has 0 saturated carbocycles. The largest absolute Gasteiger partial charge is 0.305 e. The van der Waals surface area contributed by atoms with Crippen LogP contribution in [0.3, 0.4) is 0 Å². The molecule has 1 aromatic carbocycles. The predicted octanol–water partition coefficient (Wildman–Crippen LogP) is 3.55. The first kappa shape index (κ1) is 12.8. The van der Waals surface area contributed by atoms with Crippen LogP contribution < -0.4 is 5.32 Å². The summed E-state index contributed by atoms with van der Waals surface area (Å²) in [6.45, 7) is 7.13. The van der Waals surface area contributed by atoms with Crippen molar-refractivity contribution in [1.82, 2.24) is 10.3 Å². The molecule has 1 atom stereocenters. The fourth-order valence-electron chi connectivity index (χ4n) is 2.01. The Kier molecular flexibility index (Phi) is 4.11. The van der Waals surface area contributed by atoms with E-state index in [0.29, 0.717) is 6.04 Å². The molecular formula is C16H20N2. The van der Waals surface area contributed by atoms with Gasteiger partial charge in [-0.2, -0.15) is 0 Å². The topological polar surface area (TPSA) is 24.9 Å². The zero-order valence-corrected chi connectivity index (χ0v) is 11.3. The van der Waals surface area contributed by atoms with Crippen LogP contribution in [0.25, 0.3) is 0 Å². The van der Waals surface area contributed by atoms with Gasteiger partial charge < -0.3 is 5.32 Å². The molecule has 0 spiro atoms. The Labute approximate surface area is 109 Å². The van der Waals surface area contributed by atoms with Crippen molar-refractivity contribution in [3.63, 3.8) is 0 Å². The van der Waals surface area contributed by atoms with Gasteiger partial charge in [0.15, 0.2) is 0 Å². The SMILES string of the molecule is Cc1cccc([C@H](C)NCc2cccc(C)n2)c1. The summed E-state index contributed by atoms with van der Waals surface area (Å²) < 4.78 is 0. The van der Waals surface area contributed by atoms with Crippen molar-refractivity contribution in [3.8, 4) is 0 Å². The zero-order chi connectivity index (χ0) is 13.0. The highest BCUT2D eigenvalue weighted by atomic mass is 14.9. The van der Waals surface area contributed by atoms with Gasteiger partial charge in [0.2, 0.25) is 0 Å². The summed E-state index contributed by atoms with van der Waals surface area (Å²) in [6, 6.07) is 15.1. The molecule has 0 amide bonds. The molecule has 0 aliphatic rings. The molecule has 0 saturated heterocycles. The van der Waals surface area contributed by atoms with Gasteiger partial charge in [-0.05, 0) is 38.5 Å². The van der Waals surface area contributed by atoms with Crippen LogP contribution >= 0.6 is 0 Å². The van der Waals surface area contributed by atoms with Gasteiger partial charge in [0.1, 0.15) is 0 Å². The first-order chi connectivity index (χ1) is 8.65. The summed E-state index contributed by atoms with van der Waals surface area (Å²) in [7, 11) is 0. The zero-order valence-electron chi connectivity index (χ0n) is 11.3. The molecule has 2 heteroatoms. The summed E-state index contributed by atoms with van der Waals surface area (Å²) in [5.41, 5.74) is 4.78. The summed E-state index contributed by atoms with van der Waals surface area (Å²) in [4.78, 5) is 4.49. The Balaban J connectivity index is 1.98. The molecule has 94 valence electrons. The maximum absolute atomic E-state index is 4.49. The smallest absolute Gasteiger partial charge is 0.0545 e. The minimum absolute atomic E-state index is 0.340. The lowest BCUT2D eigenvalue weighted by atomic mass is 10.1. The van der Waals surface area contributed by atoms with E-state index in [-0.39, 0.29) is 0 Å². The second kappa shape index (κ2) is 5.78. The molecule has 0 aliphatic heterocycles. The van der Waals surface area contributed by atoms with Crippen molar-refractivity contribution < 1.29 is 0 Å². The number of hydrogen-bond donors (Lipinski definition) is 1. The molecule has 0 unspecified atom stereocenters. The standard InChI is InChI=1S/C16H20N2/c1-12-6-4-8-15(10-12)14(3)17-11-16-9-5-7-13(2)18-16/h4-10,14,17H,11H2,1-3H3/t14-/m0/s1. The third kappa shape index (κ3) is 3.41. The van der Waals surface area contributed by atoms with Gasteiger partial charge in [0, 0.05) is 18.3 Å². The Morgan fingerprint density at radius 3 is 2.61 bits per heavy atom. The van der Waals surface area contributed by atoms with Crippen LogP contribution in [0.4, 0.5) is 0 Å². The number of nitrogens with one attached hydrogen (secondary N) is 1. The van der Waals surface area contributed by atoms with Gasteiger partial charge in [-0.15, -0.1) is 0 Å². The first-order valence-corrected chi connectivity index (χ1v) is 6.37. The molecular weight excluding hydrogens is 220 g/mol. The molecule has 2 aromatic rings. The van der Waals surface area contributed by atoms with Crippen LogP contribution in [0.15, 0.2) is 42.5 Å². The third-order valence-corrected chi connectivity index (χ3v) is 3.08. The summed E-state index contributed by atoms with van der Waals surface area (Å²) in [6.07, 6.45) is 0. The average Bonchev–Trinajstić information content (AvgIpc) is 2.36. The van der Waals surface area contributed by atoms with Gasteiger partial charge in [0.05, 0.1) is 5.69 Å². The molecule has 2 nitrogen and oxygen atoms in total. The molecule has 0 radical (unpaired) electrons. The highest BCUT2D eigenvalue weighted by Crippen LogP contribution is 2.14. The first-order valence-electron chi connectivity index (χ1n) is 6.37. The Morgan fingerprint density at radius 1 is 1.11 bits per heavy atom. The molecule has 2 rings (SSSR count). The van der Waals surface area contributed by atoms with E-state index in [0.717, 1.165) is 17.9 Å². The predicted molar refractivity (Wildman–Crippen MR) is 75.4 cm³/mol. The quantitative estimate of drug-likeness (QED) is 0.884. The summed E-state index contributed by atoms with van der Waals surface area (Å²) >= 11 is 0. The fourth-order valence-corrected chi connectivity index (χ4v) is 2.01. The number of hydrogen-bond acceptors (Lipinski definition) is 2. The Hall–Kier alpha value is -1.67. The van der Waals surface area contributed by atoms with Crippen molar-refractivity contribution in [3.05, 3.63) is 65.0 Å². The minimum Gasteiger partial charge on any atom is -0.305 e. The van der Waals surface area contributed by atoms with Crippen LogP contribution in [0, 0.1) is 13.8 Å². The van der Waals surface area contributed by atoms with Crippen LogP contribution in [-0.4, -0.2) is 4.98 Å². The van der Waals surface area contributed by atoms with E-state index >= 15 is 0 Å². The highest BCUT2D eigenvalue weighted by Gasteiger charge is 2.05. The van der Waals surface area contributed by atoms with Gasteiger partial charge in [-0.1, -0.05) is 35.9 Å². The third-order valence-electron chi connectivity index (χ3n) is 3.08. The van der Waals surface area contributed by atoms with Crippen LogP contribution in [0.2, 0.25) is 0 Å². The van der Waals surface area contributed by atoms with E-state index in [2.05, 4.69) is 60.5 Å². The van der Waals surface area contributed by atoms with Crippen molar-refractivity contribution in [2.45, 2.75) is 33.4 Å². The van der Waals surface area contributed by atoms with E-state index in [1.54, 1.807) is 0 Å². The molecule has 1 heterocycles. The van der Waals surface area contributed by atoms with E-state index in [1.807, 2.05) is 13.0 Å². The summed E-state index contributed by atoms with van der Waals surface area (Å²) in [5.74, 6) is 0.